The highest BCUT2D eigenvalue weighted by Crippen LogP contribution is 2.31. The molecule has 2 N–H and O–H groups in total. The highest BCUT2D eigenvalue weighted by molar-refractivity contribution is 7.15. The molecule has 1 aromatic rings. The molecular weight excluding hydrogens is 382 g/mol. The second kappa shape index (κ2) is 10.0. The largest absolute Gasteiger partial charge is 0.462 e. The molecule has 8 heteroatoms. The second-order valence-electron chi connectivity index (χ2n) is 7.50. The summed E-state index contributed by atoms with van der Waals surface area (Å²) in [6.07, 6.45) is 3.88. The molecule has 1 fully saturated rings. The van der Waals surface area contributed by atoms with Gasteiger partial charge in [-0.1, -0.05) is 20.3 Å². The summed E-state index contributed by atoms with van der Waals surface area (Å²) in [5.41, 5.74) is -0.324. The molecule has 1 heterocycles. The molecule has 0 spiro atoms. The highest BCUT2D eigenvalue weighted by atomic mass is 32.1. The summed E-state index contributed by atoms with van der Waals surface area (Å²) in [4.78, 5) is 36.7. The average Bonchev–Trinajstić information content (AvgIpc) is 3.01. The molecule has 1 aliphatic rings. The number of carbonyl (C=O) groups is 3. The van der Waals surface area contributed by atoms with E-state index in [-0.39, 0.29) is 6.61 Å². The summed E-state index contributed by atoms with van der Waals surface area (Å²) in [7, 11) is 0. The zero-order chi connectivity index (χ0) is 20.7. The number of anilines is 1. The van der Waals surface area contributed by atoms with E-state index in [1.54, 1.807) is 6.92 Å². The van der Waals surface area contributed by atoms with Crippen molar-refractivity contribution in [3.63, 3.8) is 0 Å². The van der Waals surface area contributed by atoms with Gasteiger partial charge in [-0.05, 0) is 55.9 Å². The maximum atomic E-state index is 12.3. The standard InChI is InChI=1S/C20H29NO6S/c1-4-26-18(23)16-14(10-13(2)3)12-28-17(16)21-15(22)11-27-19(24)20(25)8-6-5-7-9-20/h12-13,25H,4-11H2,1-3H3,(H,21,22). The fourth-order valence-electron chi connectivity index (χ4n) is 3.27. The van der Waals surface area contributed by atoms with Crippen molar-refractivity contribution in [2.45, 2.75) is 64.9 Å². The molecule has 0 unspecified atom stereocenters. The molecule has 0 aliphatic heterocycles. The summed E-state index contributed by atoms with van der Waals surface area (Å²) in [5, 5.41) is 15.2. The topological polar surface area (TPSA) is 102 Å². The second-order valence-corrected chi connectivity index (χ2v) is 8.38. The Morgan fingerprint density at radius 3 is 2.50 bits per heavy atom. The van der Waals surface area contributed by atoms with Crippen LogP contribution in [-0.2, 0) is 25.5 Å². The Kier molecular flexibility index (Phi) is 8.00. The number of nitrogens with one attached hydrogen (secondary N) is 1. The molecule has 1 saturated carbocycles. The van der Waals surface area contributed by atoms with E-state index in [0.717, 1.165) is 24.8 Å². The first-order valence-corrected chi connectivity index (χ1v) is 10.6. The van der Waals surface area contributed by atoms with Crippen LogP contribution in [0.15, 0.2) is 5.38 Å². The zero-order valence-corrected chi connectivity index (χ0v) is 17.5. The summed E-state index contributed by atoms with van der Waals surface area (Å²) in [5.74, 6) is -1.47. The maximum absolute atomic E-state index is 12.3. The fraction of sp³-hybridized carbons (Fsp3) is 0.650. The number of esters is 2. The minimum absolute atomic E-state index is 0.235. The molecule has 0 bridgehead atoms. The molecular formula is C20H29NO6S. The van der Waals surface area contributed by atoms with Crippen LogP contribution in [0.2, 0.25) is 0 Å². The number of carbonyl (C=O) groups excluding carboxylic acids is 3. The van der Waals surface area contributed by atoms with E-state index in [2.05, 4.69) is 5.32 Å². The van der Waals surface area contributed by atoms with E-state index in [9.17, 15) is 19.5 Å². The van der Waals surface area contributed by atoms with Gasteiger partial charge in [0.15, 0.2) is 12.2 Å². The van der Waals surface area contributed by atoms with Crippen LogP contribution in [0.25, 0.3) is 0 Å². The number of hydrogen-bond donors (Lipinski definition) is 2. The van der Waals surface area contributed by atoms with E-state index in [4.69, 9.17) is 9.47 Å². The summed E-state index contributed by atoms with van der Waals surface area (Å²) in [6.45, 7) is 5.53. The third-order valence-corrected chi connectivity index (χ3v) is 5.57. The van der Waals surface area contributed by atoms with Crippen LogP contribution < -0.4 is 5.32 Å². The monoisotopic (exact) mass is 411 g/mol. The predicted octanol–water partition coefficient (Wildman–Crippen LogP) is 3.30. The zero-order valence-electron chi connectivity index (χ0n) is 16.7. The Hall–Kier alpha value is -1.93. The Morgan fingerprint density at radius 1 is 1.21 bits per heavy atom. The third-order valence-electron chi connectivity index (χ3n) is 4.62. The Bertz CT molecular complexity index is 706. The van der Waals surface area contributed by atoms with Gasteiger partial charge in [-0.3, -0.25) is 4.79 Å². The van der Waals surface area contributed by atoms with E-state index >= 15 is 0 Å². The van der Waals surface area contributed by atoms with E-state index in [1.807, 2.05) is 19.2 Å². The molecule has 28 heavy (non-hydrogen) atoms. The lowest BCUT2D eigenvalue weighted by Crippen LogP contribution is -2.42. The van der Waals surface area contributed by atoms with Crippen molar-refractivity contribution in [1.29, 1.82) is 0 Å². The predicted molar refractivity (Wildman–Crippen MR) is 106 cm³/mol. The number of ether oxygens (including phenoxy) is 2. The van der Waals surface area contributed by atoms with Crippen molar-refractivity contribution < 1.29 is 29.0 Å². The normalized spacial score (nSPS) is 15.9. The SMILES string of the molecule is CCOC(=O)c1c(CC(C)C)csc1NC(=O)COC(=O)C1(O)CCCCC1. The highest BCUT2D eigenvalue weighted by Gasteiger charge is 2.39. The minimum Gasteiger partial charge on any atom is -0.462 e. The number of rotatable bonds is 8. The van der Waals surface area contributed by atoms with Crippen LogP contribution >= 0.6 is 11.3 Å². The number of amides is 1. The summed E-state index contributed by atoms with van der Waals surface area (Å²) < 4.78 is 10.1. The molecule has 0 saturated heterocycles. The quantitative estimate of drug-likeness (QED) is 0.637. The van der Waals surface area contributed by atoms with Crippen LogP contribution in [0.4, 0.5) is 5.00 Å². The molecule has 1 aliphatic carbocycles. The average molecular weight is 412 g/mol. The molecule has 7 nitrogen and oxygen atoms in total. The van der Waals surface area contributed by atoms with E-state index in [0.29, 0.717) is 35.7 Å². The van der Waals surface area contributed by atoms with Crippen LogP contribution in [0.1, 0.15) is 68.8 Å². The van der Waals surface area contributed by atoms with Gasteiger partial charge in [0.05, 0.1) is 12.2 Å². The Balaban J connectivity index is 2.01. The van der Waals surface area contributed by atoms with Gasteiger partial charge < -0.3 is 19.9 Å². The minimum atomic E-state index is -1.50. The number of hydrogen-bond acceptors (Lipinski definition) is 7. The summed E-state index contributed by atoms with van der Waals surface area (Å²) >= 11 is 1.24. The molecule has 156 valence electrons. The lowest BCUT2D eigenvalue weighted by molar-refractivity contribution is -0.170. The first-order valence-electron chi connectivity index (χ1n) is 9.73. The van der Waals surface area contributed by atoms with Gasteiger partial charge in [0.1, 0.15) is 5.00 Å². The van der Waals surface area contributed by atoms with E-state index < -0.39 is 30.1 Å². The van der Waals surface area contributed by atoms with Gasteiger partial charge in [-0.15, -0.1) is 11.3 Å². The smallest absolute Gasteiger partial charge is 0.341 e. The number of aliphatic hydroxyl groups is 1. The first kappa shape index (κ1) is 22.4. The van der Waals surface area contributed by atoms with E-state index in [1.165, 1.54) is 11.3 Å². The van der Waals surface area contributed by atoms with Gasteiger partial charge in [-0.25, -0.2) is 9.59 Å². The number of thiophene rings is 1. The molecule has 1 aromatic heterocycles. The molecule has 1 amide bonds. The van der Waals surface area contributed by atoms with Gasteiger partial charge in [-0.2, -0.15) is 0 Å². The fourth-order valence-corrected chi connectivity index (χ4v) is 4.25. The van der Waals surface area contributed by atoms with Crippen LogP contribution in [-0.4, -0.2) is 41.8 Å². The van der Waals surface area contributed by atoms with Gasteiger partial charge in [0.25, 0.3) is 5.91 Å². The maximum Gasteiger partial charge on any atom is 0.341 e. The van der Waals surface area contributed by atoms with Crippen molar-refractivity contribution in [2.24, 2.45) is 5.92 Å². The lowest BCUT2D eigenvalue weighted by atomic mass is 9.85. The molecule has 0 atom stereocenters. The van der Waals surface area contributed by atoms with Crippen molar-refractivity contribution >= 4 is 34.2 Å². The summed E-state index contributed by atoms with van der Waals surface area (Å²) in [6, 6.07) is 0. The molecule has 0 aromatic carbocycles. The van der Waals surface area contributed by atoms with Crippen molar-refractivity contribution in [3.05, 3.63) is 16.5 Å². The Morgan fingerprint density at radius 2 is 1.89 bits per heavy atom. The van der Waals surface area contributed by atoms with Crippen molar-refractivity contribution in [3.8, 4) is 0 Å². The van der Waals surface area contributed by atoms with Crippen LogP contribution in [0.5, 0.6) is 0 Å². The first-order chi connectivity index (χ1) is 13.3. The van der Waals surface area contributed by atoms with Crippen LogP contribution in [0, 0.1) is 5.92 Å². The lowest BCUT2D eigenvalue weighted by Gasteiger charge is -2.29. The van der Waals surface area contributed by atoms with Gasteiger partial charge in [0.2, 0.25) is 0 Å². The third kappa shape index (κ3) is 5.78. The van der Waals surface area contributed by atoms with Crippen LogP contribution in [0.3, 0.4) is 0 Å². The van der Waals surface area contributed by atoms with Gasteiger partial charge in [0, 0.05) is 0 Å². The molecule has 2 rings (SSSR count). The van der Waals surface area contributed by atoms with Crippen molar-refractivity contribution in [2.75, 3.05) is 18.5 Å². The van der Waals surface area contributed by atoms with Crippen molar-refractivity contribution in [1.82, 2.24) is 0 Å². The van der Waals surface area contributed by atoms with Gasteiger partial charge >= 0.3 is 11.9 Å². The molecule has 0 radical (unpaired) electrons. The Labute approximate surface area is 169 Å².